The molecule has 0 bridgehead atoms. The Morgan fingerprint density at radius 1 is 1.00 bits per heavy atom. The van der Waals surface area contributed by atoms with E-state index in [1.165, 1.54) is 12.6 Å². The molecule has 4 rings (SSSR count). The van der Waals surface area contributed by atoms with Crippen molar-refractivity contribution in [2.75, 3.05) is 20.1 Å². The molecular weight excluding hydrogens is 435 g/mol. The number of hydrogen-bond donors (Lipinski definition) is 2. The van der Waals surface area contributed by atoms with Gasteiger partial charge in [0.05, 0.1) is 23.0 Å². The Kier molecular flexibility index (Phi) is 10.8. The van der Waals surface area contributed by atoms with Gasteiger partial charge < -0.3 is 11.1 Å². The van der Waals surface area contributed by atoms with E-state index >= 15 is 0 Å². The van der Waals surface area contributed by atoms with Crippen molar-refractivity contribution >= 4 is 6.08 Å². The van der Waals surface area contributed by atoms with Crippen molar-refractivity contribution < 1.29 is 4.39 Å². The molecule has 0 saturated carbocycles. The molecule has 2 aromatic carbocycles. The van der Waals surface area contributed by atoms with Crippen molar-refractivity contribution in [1.29, 1.82) is 5.26 Å². The van der Waals surface area contributed by atoms with Gasteiger partial charge in [0.1, 0.15) is 5.67 Å². The molecule has 184 valence electrons. The fraction of sp³-hybridized carbons (Fsp3) is 0.333. The van der Waals surface area contributed by atoms with E-state index in [1.807, 2.05) is 43.3 Å². The molecule has 1 aromatic heterocycles. The zero-order valence-corrected chi connectivity index (χ0v) is 21.5. The largest absolute Gasteiger partial charge is 0.333 e. The van der Waals surface area contributed by atoms with Crippen LogP contribution >= 0.6 is 0 Å². The molecule has 1 fully saturated rings. The van der Waals surface area contributed by atoms with Crippen molar-refractivity contribution in [3.63, 3.8) is 0 Å². The predicted molar refractivity (Wildman–Crippen MR) is 146 cm³/mol. The Morgan fingerprint density at radius 2 is 1.57 bits per heavy atom. The van der Waals surface area contributed by atoms with Gasteiger partial charge in [-0.1, -0.05) is 48.0 Å². The Morgan fingerprint density at radius 3 is 2.06 bits per heavy atom. The Labute approximate surface area is 209 Å². The smallest absolute Gasteiger partial charge is 0.110 e. The van der Waals surface area contributed by atoms with Crippen molar-refractivity contribution in [2.45, 2.75) is 46.2 Å². The van der Waals surface area contributed by atoms with Gasteiger partial charge in [-0.15, -0.1) is 0 Å². The molecule has 1 aliphatic heterocycles. The van der Waals surface area contributed by atoms with E-state index in [1.54, 1.807) is 6.92 Å². The third-order valence-corrected chi connectivity index (χ3v) is 5.87. The molecule has 35 heavy (non-hydrogen) atoms. The molecule has 0 spiro atoms. The molecule has 2 heterocycles. The van der Waals surface area contributed by atoms with E-state index < -0.39 is 5.67 Å². The number of aromatic nitrogens is 1. The summed E-state index contributed by atoms with van der Waals surface area (Å²) in [6, 6.07) is 20.5. The minimum Gasteiger partial charge on any atom is -0.333 e. The summed E-state index contributed by atoms with van der Waals surface area (Å²) in [5.74, 6) is 0. The second kappa shape index (κ2) is 13.5. The Balaban J connectivity index is 0.000000363. The summed E-state index contributed by atoms with van der Waals surface area (Å²) in [4.78, 5) is 4.93. The highest BCUT2D eigenvalue weighted by Gasteiger charge is 2.24. The molecule has 0 amide bonds. The van der Waals surface area contributed by atoms with Gasteiger partial charge in [-0.25, -0.2) is 9.37 Å². The maximum Gasteiger partial charge on any atom is 0.110 e. The number of allylic oxidation sites excluding steroid dienone is 1. The van der Waals surface area contributed by atoms with E-state index in [2.05, 4.69) is 61.3 Å². The highest BCUT2D eigenvalue weighted by Crippen LogP contribution is 2.33. The van der Waals surface area contributed by atoms with Gasteiger partial charge in [0.25, 0.3) is 0 Å². The van der Waals surface area contributed by atoms with Crippen molar-refractivity contribution in [1.82, 2.24) is 10.3 Å². The number of benzene rings is 2. The number of nitrogens with zero attached hydrogens (tertiary/aromatic N) is 2. The van der Waals surface area contributed by atoms with Crippen LogP contribution in [-0.2, 0) is 0 Å². The number of piperidine rings is 1. The topological polar surface area (TPSA) is 74.7 Å². The second-order valence-corrected chi connectivity index (χ2v) is 8.81. The quantitative estimate of drug-likeness (QED) is 0.450. The van der Waals surface area contributed by atoms with E-state index in [4.69, 9.17) is 10.2 Å². The summed E-state index contributed by atoms with van der Waals surface area (Å²) in [5.41, 5.74) is 11.8. The molecule has 1 aliphatic rings. The van der Waals surface area contributed by atoms with Gasteiger partial charge in [0.15, 0.2) is 0 Å². The Hall–Kier alpha value is -3.33. The number of halogens is 1. The zero-order valence-electron chi connectivity index (χ0n) is 21.5. The summed E-state index contributed by atoms with van der Waals surface area (Å²) >= 11 is 0. The van der Waals surface area contributed by atoms with Crippen LogP contribution in [-0.4, -0.2) is 30.8 Å². The van der Waals surface area contributed by atoms with Gasteiger partial charge in [-0.05, 0) is 96.1 Å². The lowest BCUT2D eigenvalue weighted by atomic mass is 9.95. The molecular formula is C30H37FN4. The number of nitriles is 1. The van der Waals surface area contributed by atoms with Gasteiger partial charge in [0, 0.05) is 11.1 Å². The first-order valence-corrected chi connectivity index (χ1v) is 12.0. The number of aryl methyl sites for hydroxylation is 2. The van der Waals surface area contributed by atoms with Gasteiger partial charge in [0.2, 0.25) is 0 Å². The SMILES string of the molecule is C/C=C\c1nc(-c2ccc(C)cc2)c(-c2ccc(C#N)cc2)cc1C.CC1(F)CCNCC1.CN. The molecule has 0 radical (unpaired) electrons. The number of nitrogens with two attached hydrogens (primary N) is 1. The molecule has 1 saturated heterocycles. The van der Waals surface area contributed by atoms with Gasteiger partial charge in [-0.2, -0.15) is 5.26 Å². The van der Waals surface area contributed by atoms with Crippen LogP contribution < -0.4 is 11.1 Å². The highest BCUT2D eigenvalue weighted by molar-refractivity contribution is 5.82. The van der Waals surface area contributed by atoms with E-state index in [0.717, 1.165) is 46.7 Å². The lowest BCUT2D eigenvalue weighted by Gasteiger charge is -2.25. The lowest BCUT2D eigenvalue weighted by molar-refractivity contribution is 0.139. The summed E-state index contributed by atoms with van der Waals surface area (Å²) in [7, 11) is 1.50. The van der Waals surface area contributed by atoms with Crippen molar-refractivity contribution in [2.24, 2.45) is 5.73 Å². The summed E-state index contributed by atoms with van der Waals surface area (Å²) < 4.78 is 12.8. The minimum absolute atomic E-state index is 0.663. The lowest BCUT2D eigenvalue weighted by Crippen LogP contribution is -2.36. The van der Waals surface area contributed by atoms with Crippen molar-refractivity contribution in [3.05, 3.63) is 83.1 Å². The highest BCUT2D eigenvalue weighted by atomic mass is 19.1. The minimum atomic E-state index is -0.884. The molecule has 5 heteroatoms. The number of hydrogen-bond acceptors (Lipinski definition) is 4. The van der Waals surface area contributed by atoms with Crippen LogP contribution in [0, 0.1) is 25.2 Å². The third-order valence-electron chi connectivity index (χ3n) is 5.87. The maximum absolute atomic E-state index is 12.8. The maximum atomic E-state index is 12.8. The zero-order chi connectivity index (χ0) is 25.8. The monoisotopic (exact) mass is 472 g/mol. The number of alkyl halides is 1. The molecule has 0 atom stereocenters. The summed E-state index contributed by atoms with van der Waals surface area (Å²) in [6.45, 7) is 9.52. The fourth-order valence-corrected chi connectivity index (χ4v) is 3.78. The summed E-state index contributed by atoms with van der Waals surface area (Å²) in [5, 5.41) is 12.1. The predicted octanol–water partition coefficient (Wildman–Crippen LogP) is 6.61. The molecule has 0 unspecified atom stereocenters. The van der Waals surface area contributed by atoms with Gasteiger partial charge in [-0.3, -0.25) is 0 Å². The normalized spacial score (nSPS) is 14.2. The van der Waals surface area contributed by atoms with Crippen LogP contribution in [0.25, 0.3) is 28.5 Å². The van der Waals surface area contributed by atoms with Crippen LogP contribution in [0.4, 0.5) is 4.39 Å². The average Bonchev–Trinajstić information content (AvgIpc) is 2.87. The average molecular weight is 473 g/mol. The van der Waals surface area contributed by atoms with E-state index in [0.29, 0.717) is 18.4 Å². The van der Waals surface area contributed by atoms with Crippen LogP contribution in [0.3, 0.4) is 0 Å². The van der Waals surface area contributed by atoms with Crippen LogP contribution in [0.1, 0.15) is 49.1 Å². The van der Waals surface area contributed by atoms with E-state index in [-0.39, 0.29) is 0 Å². The van der Waals surface area contributed by atoms with Crippen molar-refractivity contribution in [3.8, 4) is 28.5 Å². The first kappa shape index (κ1) is 27.9. The Bertz CT molecular complexity index is 1130. The first-order chi connectivity index (χ1) is 16.8. The molecule has 4 nitrogen and oxygen atoms in total. The number of rotatable bonds is 3. The van der Waals surface area contributed by atoms with Gasteiger partial charge >= 0.3 is 0 Å². The van der Waals surface area contributed by atoms with Crippen LogP contribution in [0.2, 0.25) is 0 Å². The van der Waals surface area contributed by atoms with Crippen LogP contribution in [0.5, 0.6) is 0 Å². The summed E-state index contributed by atoms with van der Waals surface area (Å²) in [6.07, 6.45) is 5.39. The second-order valence-electron chi connectivity index (χ2n) is 8.81. The fourth-order valence-electron chi connectivity index (χ4n) is 3.78. The molecule has 3 aromatic rings. The molecule has 0 aliphatic carbocycles. The standard InChI is InChI=1S/C23H20N2.C6H12FN.CH5N/c1-4-5-22-17(3)14-21(19-12-8-18(15-24)9-13-19)23(25-22)20-10-6-16(2)7-11-20;1-6(7)2-4-8-5-3-6;1-2/h4-14H,1-3H3;8H,2-5H2,1H3;2H2,1H3/b5-4-;;. The number of pyridine rings is 1. The number of nitrogens with one attached hydrogen (secondary N) is 1. The molecule has 3 N–H and O–H groups in total. The van der Waals surface area contributed by atoms with E-state index in [9.17, 15) is 4.39 Å². The third kappa shape index (κ3) is 8.13. The first-order valence-electron chi connectivity index (χ1n) is 12.0. The van der Waals surface area contributed by atoms with Crippen LogP contribution in [0.15, 0.2) is 60.7 Å².